The van der Waals surface area contributed by atoms with E-state index >= 15 is 0 Å². The van der Waals surface area contributed by atoms with Crippen molar-refractivity contribution in [1.29, 1.82) is 0 Å². The summed E-state index contributed by atoms with van der Waals surface area (Å²) in [6, 6.07) is 8.63. The lowest BCUT2D eigenvalue weighted by atomic mass is 9.84. The maximum Gasteiger partial charge on any atom is 0.265 e. The van der Waals surface area contributed by atoms with Crippen LogP contribution < -0.4 is 5.32 Å². The lowest BCUT2D eigenvalue weighted by Gasteiger charge is -2.35. The maximum atomic E-state index is 13.2. The Balaban J connectivity index is 1.33. The molecule has 32 heavy (non-hydrogen) atoms. The van der Waals surface area contributed by atoms with E-state index in [-0.39, 0.29) is 17.7 Å². The van der Waals surface area contributed by atoms with Gasteiger partial charge >= 0.3 is 0 Å². The molecular formula is C26H35N3O2S. The van der Waals surface area contributed by atoms with Crippen molar-refractivity contribution in [3.63, 3.8) is 0 Å². The van der Waals surface area contributed by atoms with Gasteiger partial charge in [-0.2, -0.15) is 0 Å². The topological polar surface area (TPSA) is 62.3 Å². The van der Waals surface area contributed by atoms with Crippen molar-refractivity contribution in [3.8, 4) is 10.6 Å². The molecule has 6 heteroatoms. The third kappa shape index (κ3) is 5.22. The Labute approximate surface area is 195 Å². The fraction of sp³-hybridized carbons (Fsp3) is 0.577. The molecule has 2 amide bonds. The van der Waals surface area contributed by atoms with Crippen LogP contribution in [0.2, 0.25) is 0 Å². The van der Waals surface area contributed by atoms with Crippen LogP contribution in [0.25, 0.3) is 10.6 Å². The van der Waals surface area contributed by atoms with Gasteiger partial charge in [0.1, 0.15) is 9.88 Å². The average Bonchev–Trinajstić information content (AvgIpc) is 3.20. The molecule has 5 nitrogen and oxygen atoms in total. The largest absolute Gasteiger partial charge is 0.353 e. The zero-order valence-electron chi connectivity index (χ0n) is 19.5. The fourth-order valence-corrected chi connectivity index (χ4v) is 5.99. The van der Waals surface area contributed by atoms with E-state index in [9.17, 15) is 9.59 Å². The smallest absolute Gasteiger partial charge is 0.265 e. The number of benzene rings is 1. The number of thiazole rings is 1. The van der Waals surface area contributed by atoms with Crippen LogP contribution in [0.15, 0.2) is 24.3 Å². The lowest BCUT2D eigenvalue weighted by Crippen LogP contribution is -2.45. The molecular weight excluding hydrogens is 418 g/mol. The third-order valence-corrected chi connectivity index (χ3v) is 8.38. The second kappa shape index (κ2) is 10.2. The van der Waals surface area contributed by atoms with Gasteiger partial charge in [-0.25, -0.2) is 4.98 Å². The number of likely N-dealkylation sites (tertiary alicyclic amines) is 1. The number of rotatable bonds is 5. The Bertz CT molecular complexity index is 938. The van der Waals surface area contributed by atoms with Crippen LogP contribution in [0.1, 0.15) is 72.8 Å². The zero-order chi connectivity index (χ0) is 22.7. The number of nitrogens with one attached hydrogen (secondary N) is 1. The molecule has 1 saturated carbocycles. The predicted molar refractivity (Wildman–Crippen MR) is 130 cm³/mol. The Kier molecular flexibility index (Phi) is 7.29. The minimum atomic E-state index is 0.00691. The SMILES string of the molecule is Cc1ccc(-c2nc(C)c(C(=O)N3CCC([C@H](C)C(=O)NC4CCCCC4)CC3)s2)cc1. The molecule has 2 fully saturated rings. The molecule has 1 aromatic heterocycles. The van der Waals surface area contributed by atoms with Crippen molar-refractivity contribution >= 4 is 23.2 Å². The van der Waals surface area contributed by atoms with Crippen molar-refractivity contribution in [2.45, 2.75) is 71.8 Å². The molecule has 1 atom stereocenters. The van der Waals surface area contributed by atoms with E-state index in [0.717, 1.165) is 46.8 Å². The minimum Gasteiger partial charge on any atom is -0.353 e. The number of aryl methyl sites for hydroxylation is 2. The van der Waals surface area contributed by atoms with E-state index in [2.05, 4.69) is 48.4 Å². The van der Waals surface area contributed by atoms with Gasteiger partial charge in [-0.3, -0.25) is 9.59 Å². The standard InChI is InChI=1S/C26H35N3O2S/c1-17-9-11-21(12-10-17)25-27-19(3)23(32-25)26(31)29-15-13-20(14-16-29)18(2)24(30)28-22-7-5-4-6-8-22/h9-12,18,20,22H,4-8,13-16H2,1-3H3,(H,28,30)/t18-/m0/s1. The summed E-state index contributed by atoms with van der Waals surface area (Å²) < 4.78 is 0. The van der Waals surface area contributed by atoms with Crippen LogP contribution in [0.3, 0.4) is 0 Å². The predicted octanol–water partition coefficient (Wildman–Crippen LogP) is 5.36. The van der Waals surface area contributed by atoms with Crippen LogP contribution in [0, 0.1) is 25.7 Å². The van der Waals surface area contributed by atoms with Crippen molar-refractivity contribution in [2.75, 3.05) is 13.1 Å². The lowest BCUT2D eigenvalue weighted by molar-refractivity contribution is -0.127. The van der Waals surface area contributed by atoms with E-state index in [0.29, 0.717) is 25.0 Å². The Morgan fingerprint density at radius 3 is 2.34 bits per heavy atom. The van der Waals surface area contributed by atoms with Crippen LogP contribution >= 0.6 is 11.3 Å². The molecule has 2 heterocycles. The first-order chi connectivity index (χ1) is 15.4. The molecule has 1 N–H and O–H groups in total. The highest BCUT2D eigenvalue weighted by Crippen LogP contribution is 2.31. The monoisotopic (exact) mass is 453 g/mol. The van der Waals surface area contributed by atoms with Gasteiger partial charge in [0.2, 0.25) is 5.91 Å². The molecule has 1 aromatic carbocycles. The average molecular weight is 454 g/mol. The molecule has 1 aliphatic heterocycles. The van der Waals surface area contributed by atoms with Crippen LogP contribution in [-0.4, -0.2) is 40.8 Å². The number of aromatic nitrogens is 1. The van der Waals surface area contributed by atoms with Gasteiger partial charge in [0.15, 0.2) is 0 Å². The fourth-order valence-electron chi connectivity index (χ4n) is 4.95. The number of hydrogen-bond acceptors (Lipinski definition) is 4. The number of piperidine rings is 1. The molecule has 2 aliphatic rings. The minimum absolute atomic E-state index is 0.00691. The van der Waals surface area contributed by atoms with E-state index < -0.39 is 0 Å². The highest BCUT2D eigenvalue weighted by atomic mass is 32.1. The van der Waals surface area contributed by atoms with Crippen LogP contribution in [0.5, 0.6) is 0 Å². The first kappa shape index (κ1) is 23.0. The molecule has 0 bridgehead atoms. The first-order valence-corrected chi connectivity index (χ1v) is 12.9. The van der Waals surface area contributed by atoms with Crippen LogP contribution in [0.4, 0.5) is 0 Å². The van der Waals surface area contributed by atoms with Gasteiger partial charge in [0.05, 0.1) is 5.69 Å². The Morgan fingerprint density at radius 2 is 1.69 bits per heavy atom. The molecule has 2 aromatic rings. The highest BCUT2D eigenvalue weighted by Gasteiger charge is 2.32. The van der Waals surface area contributed by atoms with Gasteiger partial charge in [-0.15, -0.1) is 11.3 Å². The van der Waals surface area contributed by atoms with E-state index in [1.54, 1.807) is 0 Å². The van der Waals surface area contributed by atoms with Crippen molar-refractivity contribution in [2.24, 2.45) is 11.8 Å². The second-order valence-electron chi connectivity index (χ2n) is 9.56. The molecule has 0 radical (unpaired) electrons. The molecule has 172 valence electrons. The quantitative estimate of drug-likeness (QED) is 0.662. The summed E-state index contributed by atoms with van der Waals surface area (Å²) in [4.78, 5) is 33.3. The summed E-state index contributed by atoms with van der Waals surface area (Å²) >= 11 is 1.49. The second-order valence-corrected chi connectivity index (χ2v) is 10.6. The van der Waals surface area contributed by atoms with E-state index in [4.69, 9.17) is 0 Å². The molecule has 0 unspecified atom stereocenters. The van der Waals surface area contributed by atoms with E-state index in [1.807, 2.05) is 11.8 Å². The molecule has 1 saturated heterocycles. The van der Waals surface area contributed by atoms with Gasteiger partial charge in [0, 0.05) is 30.6 Å². The summed E-state index contributed by atoms with van der Waals surface area (Å²) in [5.74, 6) is 0.625. The van der Waals surface area contributed by atoms with E-state index in [1.165, 1.54) is 36.2 Å². The Hall–Kier alpha value is -2.21. The number of hydrogen-bond donors (Lipinski definition) is 1. The number of carbonyl (C=O) groups is 2. The third-order valence-electron chi connectivity index (χ3n) is 7.19. The van der Waals surface area contributed by atoms with Crippen LogP contribution in [-0.2, 0) is 4.79 Å². The summed E-state index contributed by atoms with van der Waals surface area (Å²) in [5.41, 5.74) is 3.07. The summed E-state index contributed by atoms with van der Waals surface area (Å²) in [7, 11) is 0. The van der Waals surface area contributed by atoms with Gasteiger partial charge in [-0.1, -0.05) is 56.0 Å². The van der Waals surface area contributed by atoms with Gasteiger partial charge in [-0.05, 0) is 45.4 Å². The van der Waals surface area contributed by atoms with Crippen molar-refractivity contribution in [3.05, 3.63) is 40.4 Å². The molecule has 4 rings (SSSR count). The summed E-state index contributed by atoms with van der Waals surface area (Å²) in [6.07, 6.45) is 7.74. The highest BCUT2D eigenvalue weighted by molar-refractivity contribution is 7.17. The number of nitrogens with zero attached hydrogens (tertiary/aromatic N) is 2. The van der Waals surface area contributed by atoms with Crippen molar-refractivity contribution < 1.29 is 9.59 Å². The number of carbonyl (C=O) groups excluding carboxylic acids is 2. The van der Waals surface area contributed by atoms with Crippen molar-refractivity contribution in [1.82, 2.24) is 15.2 Å². The first-order valence-electron chi connectivity index (χ1n) is 12.1. The normalized spacial score (nSPS) is 19.0. The zero-order valence-corrected chi connectivity index (χ0v) is 20.3. The van der Waals surface area contributed by atoms with Gasteiger partial charge < -0.3 is 10.2 Å². The molecule has 0 spiro atoms. The van der Waals surface area contributed by atoms with Gasteiger partial charge in [0.25, 0.3) is 5.91 Å². The number of amides is 2. The maximum absolute atomic E-state index is 13.2. The molecule has 1 aliphatic carbocycles. The summed E-state index contributed by atoms with van der Waals surface area (Å²) in [6.45, 7) is 7.47. The Morgan fingerprint density at radius 1 is 1.03 bits per heavy atom. The summed E-state index contributed by atoms with van der Waals surface area (Å²) in [5, 5.41) is 4.18.